The summed E-state index contributed by atoms with van der Waals surface area (Å²) in [6.45, 7) is 5.14. The van der Waals surface area contributed by atoms with Crippen LogP contribution in [0.5, 0.6) is 0 Å². The molecule has 1 aromatic carbocycles. The second-order valence-corrected chi connectivity index (χ2v) is 5.14. The number of anilines is 1. The second-order valence-electron chi connectivity index (χ2n) is 5.14. The van der Waals surface area contributed by atoms with Crippen LogP contribution in [0.4, 0.5) is 10.5 Å². The highest BCUT2D eigenvalue weighted by molar-refractivity contribution is 5.96. The molecule has 1 amide bonds. The number of nitrogens with two attached hydrogens (primary N) is 1. The van der Waals surface area contributed by atoms with Gasteiger partial charge in [-0.1, -0.05) is 18.2 Å². The van der Waals surface area contributed by atoms with Crippen molar-refractivity contribution in [1.82, 2.24) is 0 Å². The molecule has 2 N–H and O–H groups in total. The molecular formula is C14H20N2O3. The molecule has 0 aliphatic rings. The van der Waals surface area contributed by atoms with Crippen molar-refractivity contribution in [3.8, 4) is 0 Å². The van der Waals surface area contributed by atoms with Gasteiger partial charge in [0.25, 0.3) is 0 Å². The first-order chi connectivity index (χ1) is 8.83. The summed E-state index contributed by atoms with van der Waals surface area (Å²) in [5.74, 6) is -0.227. The molecule has 0 saturated heterocycles. The summed E-state index contributed by atoms with van der Waals surface area (Å²) in [5, 5.41) is 0. The molecule has 0 saturated carbocycles. The number of benzene rings is 1. The lowest BCUT2D eigenvalue weighted by Crippen LogP contribution is -2.41. The summed E-state index contributed by atoms with van der Waals surface area (Å²) in [6, 6.07) is 8.90. The van der Waals surface area contributed by atoms with Crippen LogP contribution in [0.2, 0.25) is 0 Å². The summed E-state index contributed by atoms with van der Waals surface area (Å²) < 4.78 is 5.29. The largest absolute Gasteiger partial charge is 0.443 e. The maximum Gasteiger partial charge on any atom is 0.415 e. The van der Waals surface area contributed by atoms with Gasteiger partial charge < -0.3 is 10.5 Å². The highest BCUT2D eigenvalue weighted by atomic mass is 16.6. The van der Waals surface area contributed by atoms with E-state index in [1.807, 2.05) is 6.07 Å². The molecule has 0 fully saturated rings. The van der Waals surface area contributed by atoms with Crippen LogP contribution in [0, 0.1) is 0 Å². The average molecular weight is 264 g/mol. The third-order valence-electron chi connectivity index (χ3n) is 2.24. The summed E-state index contributed by atoms with van der Waals surface area (Å²) in [4.78, 5) is 24.9. The van der Waals surface area contributed by atoms with E-state index < -0.39 is 11.7 Å². The Bertz CT molecular complexity index is 438. The molecule has 0 aliphatic carbocycles. The predicted octanol–water partition coefficient (Wildman–Crippen LogP) is 1.96. The molecule has 0 bridgehead atoms. The molecule has 0 aliphatic heterocycles. The van der Waals surface area contributed by atoms with E-state index in [2.05, 4.69) is 0 Å². The van der Waals surface area contributed by atoms with Gasteiger partial charge in [-0.2, -0.15) is 0 Å². The zero-order valence-corrected chi connectivity index (χ0v) is 11.6. The fraction of sp³-hybridized carbons (Fsp3) is 0.429. The summed E-state index contributed by atoms with van der Waals surface area (Å²) >= 11 is 0. The number of nitrogens with zero attached hydrogens (tertiary/aromatic N) is 1. The van der Waals surface area contributed by atoms with Crippen LogP contribution < -0.4 is 10.6 Å². The van der Waals surface area contributed by atoms with E-state index >= 15 is 0 Å². The van der Waals surface area contributed by atoms with Gasteiger partial charge in [0.05, 0.1) is 13.1 Å². The highest BCUT2D eigenvalue weighted by Crippen LogP contribution is 2.17. The van der Waals surface area contributed by atoms with Crippen LogP contribution in [0.25, 0.3) is 0 Å². The van der Waals surface area contributed by atoms with Gasteiger partial charge in [0.2, 0.25) is 0 Å². The van der Waals surface area contributed by atoms with Crippen molar-refractivity contribution in [3.05, 3.63) is 30.3 Å². The Morgan fingerprint density at radius 2 is 1.79 bits per heavy atom. The van der Waals surface area contributed by atoms with Gasteiger partial charge in [-0.15, -0.1) is 0 Å². The Morgan fingerprint density at radius 1 is 1.21 bits per heavy atom. The number of hydrogen-bond acceptors (Lipinski definition) is 4. The van der Waals surface area contributed by atoms with Gasteiger partial charge in [-0.3, -0.25) is 9.69 Å². The molecule has 1 rings (SSSR count). The van der Waals surface area contributed by atoms with Gasteiger partial charge in [0.15, 0.2) is 5.78 Å². The van der Waals surface area contributed by atoms with Crippen molar-refractivity contribution >= 4 is 17.6 Å². The summed E-state index contributed by atoms with van der Waals surface area (Å²) in [5.41, 5.74) is 5.29. The Morgan fingerprint density at radius 3 is 2.26 bits per heavy atom. The monoisotopic (exact) mass is 264 g/mol. The standard InChI is InChI=1S/C14H20N2O3/c1-14(2,3)19-13(18)16(10-12(17)9-15)11-7-5-4-6-8-11/h4-8H,9-10,15H2,1-3H3. The third kappa shape index (κ3) is 5.09. The maximum absolute atomic E-state index is 12.1. The molecule has 0 aromatic heterocycles. The number of amides is 1. The lowest BCUT2D eigenvalue weighted by Gasteiger charge is -2.27. The smallest absolute Gasteiger partial charge is 0.415 e. The Kier molecular flexibility index (Phi) is 5.06. The molecule has 0 heterocycles. The van der Waals surface area contributed by atoms with Crippen molar-refractivity contribution in [3.63, 3.8) is 0 Å². The third-order valence-corrected chi connectivity index (χ3v) is 2.24. The number of rotatable bonds is 4. The zero-order valence-electron chi connectivity index (χ0n) is 11.6. The molecule has 5 heteroatoms. The molecule has 0 atom stereocenters. The van der Waals surface area contributed by atoms with Crippen LogP contribution in [0.1, 0.15) is 20.8 Å². The quantitative estimate of drug-likeness (QED) is 0.902. The molecule has 1 aromatic rings. The van der Waals surface area contributed by atoms with Crippen molar-refractivity contribution in [2.45, 2.75) is 26.4 Å². The van der Waals surface area contributed by atoms with Gasteiger partial charge in [-0.25, -0.2) is 4.79 Å². The van der Waals surface area contributed by atoms with Gasteiger partial charge in [-0.05, 0) is 32.9 Å². The number of carbonyl (C=O) groups is 2. The first kappa shape index (κ1) is 15.2. The van der Waals surface area contributed by atoms with E-state index in [-0.39, 0.29) is 18.9 Å². The highest BCUT2D eigenvalue weighted by Gasteiger charge is 2.24. The molecule has 19 heavy (non-hydrogen) atoms. The minimum atomic E-state index is -0.615. The van der Waals surface area contributed by atoms with Crippen LogP contribution >= 0.6 is 0 Å². The minimum Gasteiger partial charge on any atom is -0.443 e. The van der Waals surface area contributed by atoms with Crippen LogP contribution in [0.15, 0.2) is 30.3 Å². The van der Waals surface area contributed by atoms with E-state index in [9.17, 15) is 9.59 Å². The minimum absolute atomic E-state index is 0.0879. The fourth-order valence-electron chi connectivity index (χ4n) is 1.43. The molecular weight excluding hydrogens is 244 g/mol. The topological polar surface area (TPSA) is 72.6 Å². The lowest BCUT2D eigenvalue weighted by atomic mass is 10.2. The SMILES string of the molecule is CC(C)(C)OC(=O)N(CC(=O)CN)c1ccccc1. The van der Waals surface area contributed by atoms with E-state index in [4.69, 9.17) is 10.5 Å². The van der Waals surface area contributed by atoms with E-state index in [1.54, 1.807) is 45.0 Å². The van der Waals surface area contributed by atoms with Gasteiger partial charge >= 0.3 is 6.09 Å². The summed E-state index contributed by atoms with van der Waals surface area (Å²) in [7, 11) is 0. The van der Waals surface area contributed by atoms with Crippen LogP contribution in [-0.2, 0) is 9.53 Å². The van der Waals surface area contributed by atoms with E-state index in [0.717, 1.165) is 0 Å². The average Bonchev–Trinajstić information content (AvgIpc) is 2.34. The number of ketones is 1. The molecule has 104 valence electrons. The maximum atomic E-state index is 12.1. The molecule has 5 nitrogen and oxygen atoms in total. The number of para-hydroxylation sites is 1. The van der Waals surface area contributed by atoms with Crippen molar-refractivity contribution in [2.24, 2.45) is 5.73 Å². The normalized spacial score (nSPS) is 10.9. The van der Waals surface area contributed by atoms with Crippen LogP contribution in [-0.4, -0.2) is 30.6 Å². The first-order valence-electron chi connectivity index (χ1n) is 6.11. The van der Waals surface area contributed by atoms with Gasteiger partial charge in [0, 0.05) is 5.69 Å². The van der Waals surface area contributed by atoms with Crippen molar-refractivity contribution < 1.29 is 14.3 Å². The molecule has 0 spiro atoms. The Balaban J connectivity index is 2.93. The summed E-state index contributed by atoms with van der Waals surface area (Å²) in [6.07, 6.45) is -0.555. The van der Waals surface area contributed by atoms with Crippen molar-refractivity contribution in [1.29, 1.82) is 0 Å². The lowest BCUT2D eigenvalue weighted by molar-refractivity contribution is -0.116. The number of carbonyl (C=O) groups excluding carboxylic acids is 2. The zero-order chi connectivity index (χ0) is 14.5. The Hall–Kier alpha value is -1.88. The Labute approximate surface area is 113 Å². The number of hydrogen-bond donors (Lipinski definition) is 1. The fourth-order valence-corrected chi connectivity index (χ4v) is 1.43. The van der Waals surface area contributed by atoms with E-state index in [0.29, 0.717) is 5.69 Å². The second kappa shape index (κ2) is 6.33. The molecule has 0 radical (unpaired) electrons. The van der Waals surface area contributed by atoms with Crippen LogP contribution in [0.3, 0.4) is 0 Å². The van der Waals surface area contributed by atoms with Gasteiger partial charge in [0.1, 0.15) is 5.60 Å². The van der Waals surface area contributed by atoms with Crippen molar-refractivity contribution in [2.75, 3.05) is 18.0 Å². The number of Topliss-reactive ketones (excluding diaryl/α,β-unsaturated/α-hetero) is 1. The van der Waals surface area contributed by atoms with E-state index in [1.165, 1.54) is 4.90 Å². The predicted molar refractivity (Wildman–Crippen MR) is 74.1 cm³/mol. The number of ether oxygens (including phenoxy) is 1. The molecule has 0 unspecified atom stereocenters. The first-order valence-corrected chi connectivity index (χ1v) is 6.11.